The van der Waals surface area contributed by atoms with E-state index in [1.807, 2.05) is 10.6 Å². The monoisotopic (exact) mass is 665 g/mol. The van der Waals surface area contributed by atoms with Crippen molar-refractivity contribution in [2.75, 3.05) is 20.2 Å². The zero-order valence-corrected chi connectivity index (χ0v) is 26.7. The van der Waals surface area contributed by atoms with E-state index < -0.39 is 23.4 Å². The van der Waals surface area contributed by atoms with Crippen molar-refractivity contribution >= 4 is 22.9 Å². The second-order valence-electron chi connectivity index (χ2n) is 12.5. The molecule has 3 aromatic carbocycles. The lowest BCUT2D eigenvalue weighted by atomic mass is 9.99. The van der Waals surface area contributed by atoms with Crippen LogP contribution in [0.3, 0.4) is 0 Å². The van der Waals surface area contributed by atoms with E-state index in [0.717, 1.165) is 31.0 Å². The van der Waals surface area contributed by atoms with Crippen LogP contribution in [-0.2, 0) is 22.6 Å². The number of aromatic nitrogens is 3. The Bertz CT molecular complexity index is 2190. The number of halogens is 3. The van der Waals surface area contributed by atoms with Gasteiger partial charge in [-0.15, -0.1) is 0 Å². The van der Waals surface area contributed by atoms with Crippen LogP contribution in [0.15, 0.2) is 66.7 Å². The van der Waals surface area contributed by atoms with Crippen LogP contribution in [0.25, 0.3) is 22.3 Å². The number of fused-ring (bicyclic) bond motifs is 1. The van der Waals surface area contributed by atoms with Gasteiger partial charge < -0.3 is 18.9 Å². The smallest absolute Gasteiger partial charge is 0.337 e. The predicted octanol–water partition coefficient (Wildman–Crippen LogP) is 6.53. The number of imidazole rings is 1. The lowest BCUT2D eigenvalue weighted by Gasteiger charge is -2.22. The van der Waals surface area contributed by atoms with Gasteiger partial charge in [-0.2, -0.15) is 5.26 Å². The number of hydrogen-bond acceptors (Lipinski definition) is 7. The van der Waals surface area contributed by atoms with Crippen LogP contribution in [0.2, 0.25) is 0 Å². The lowest BCUT2D eigenvalue weighted by molar-refractivity contribution is -0.128. The molecule has 3 heterocycles. The van der Waals surface area contributed by atoms with Crippen LogP contribution >= 0.6 is 0 Å². The number of esters is 1. The van der Waals surface area contributed by atoms with Gasteiger partial charge in [-0.25, -0.2) is 27.9 Å². The maximum Gasteiger partial charge on any atom is 0.337 e. The van der Waals surface area contributed by atoms with Crippen molar-refractivity contribution < 1.29 is 32.2 Å². The molecular formula is C37H30F3N5O4. The summed E-state index contributed by atoms with van der Waals surface area (Å²) < 4.78 is 58.5. The second-order valence-corrected chi connectivity index (χ2v) is 12.5. The average Bonchev–Trinajstić information content (AvgIpc) is 3.65. The molecule has 1 aliphatic carbocycles. The molecule has 2 aliphatic rings. The Morgan fingerprint density at radius 2 is 1.78 bits per heavy atom. The van der Waals surface area contributed by atoms with Crippen molar-refractivity contribution in [3.05, 3.63) is 112 Å². The summed E-state index contributed by atoms with van der Waals surface area (Å²) in [5.74, 6) is -1.98. The maximum absolute atomic E-state index is 15.8. The number of carbonyl (C=O) groups is 2. The molecule has 1 atom stereocenters. The van der Waals surface area contributed by atoms with Gasteiger partial charge in [0.1, 0.15) is 29.9 Å². The summed E-state index contributed by atoms with van der Waals surface area (Å²) in [5.41, 5.74) is 1.90. The van der Waals surface area contributed by atoms with E-state index in [-0.39, 0.29) is 64.2 Å². The maximum atomic E-state index is 15.8. The highest BCUT2D eigenvalue weighted by Crippen LogP contribution is 2.59. The topological polar surface area (TPSA) is 110 Å². The first-order valence-electron chi connectivity index (χ1n) is 15.7. The van der Waals surface area contributed by atoms with Crippen LogP contribution < -0.4 is 4.74 Å². The van der Waals surface area contributed by atoms with E-state index in [0.29, 0.717) is 35.5 Å². The fourth-order valence-electron chi connectivity index (χ4n) is 6.68. The summed E-state index contributed by atoms with van der Waals surface area (Å²) in [5, 5.41) is 8.95. The minimum Gasteiger partial charge on any atom is -0.473 e. The number of methoxy groups -OCH3 is 1. The molecule has 2 fully saturated rings. The van der Waals surface area contributed by atoms with Gasteiger partial charge in [0.2, 0.25) is 11.8 Å². The van der Waals surface area contributed by atoms with Crippen LogP contribution in [0.4, 0.5) is 13.2 Å². The van der Waals surface area contributed by atoms with Crippen molar-refractivity contribution in [2.24, 2.45) is 5.41 Å². The molecule has 0 bridgehead atoms. The van der Waals surface area contributed by atoms with Crippen molar-refractivity contribution in [3.63, 3.8) is 0 Å². The number of rotatable bonds is 8. The fraction of sp³-hybridized carbons (Fsp3) is 0.270. The minimum absolute atomic E-state index is 0.0387. The summed E-state index contributed by atoms with van der Waals surface area (Å²) in [4.78, 5) is 35.8. The van der Waals surface area contributed by atoms with Crippen LogP contribution in [0, 0.1) is 34.2 Å². The quantitative estimate of drug-likeness (QED) is 0.174. The summed E-state index contributed by atoms with van der Waals surface area (Å²) in [6.07, 6.45) is 1.77. The average molecular weight is 666 g/mol. The largest absolute Gasteiger partial charge is 0.473 e. The molecule has 7 rings (SSSR count). The van der Waals surface area contributed by atoms with Crippen molar-refractivity contribution in [3.8, 4) is 23.2 Å². The Balaban J connectivity index is 1.20. The standard InChI is InChI=1S/C37H30F3N5O4/c1-21(46)44-18-33(37(20-44)10-11-37)45-32-14-23(36(47)48-2)8-9-31(32)42-34(45)15-25-13-29(40)26(16-28(25)39)30-4-3-5-35(43-30)49-19-24-7-6-22(17-41)12-27(24)38/h3-9,12-14,16,33H,10-11,15,18-20H2,1-2H3/t33-/m0/s1. The van der Waals surface area contributed by atoms with E-state index >= 15 is 8.78 Å². The van der Waals surface area contributed by atoms with E-state index in [2.05, 4.69) is 4.98 Å². The van der Waals surface area contributed by atoms with Gasteiger partial charge >= 0.3 is 5.97 Å². The molecule has 2 aromatic heterocycles. The molecule has 1 saturated carbocycles. The third kappa shape index (κ3) is 5.97. The van der Waals surface area contributed by atoms with Crippen LogP contribution in [-0.4, -0.2) is 51.5 Å². The molecule has 0 unspecified atom stereocenters. The fourth-order valence-corrected chi connectivity index (χ4v) is 6.68. The molecule has 5 aromatic rings. The normalized spacial score (nSPS) is 16.2. The zero-order chi connectivity index (χ0) is 34.4. The van der Waals surface area contributed by atoms with Crippen LogP contribution in [0.5, 0.6) is 5.88 Å². The van der Waals surface area contributed by atoms with Crippen molar-refractivity contribution in [1.82, 2.24) is 19.4 Å². The number of pyridine rings is 1. The van der Waals surface area contributed by atoms with Gasteiger partial charge in [0.05, 0.1) is 47.1 Å². The Kier molecular flexibility index (Phi) is 8.06. The molecule has 9 nitrogen and oxygen atoms in total. The molecule has 0 N–H and O–H groups in total. The first-order valence-corrected chi connectivity index (χ1v) is 15.7. The van der Waals surface area contributed by atoms with E-state index in [4.69, 9.17) is 19.7 Å². The molecule has 1 aliphatic heterocycles. The lowest BCUT2D eigenvalue weighted by Crippen LogP contribution is -2.26. The number of benzene rings is 3. The van der Waals surface area contributed by atoms with Crippen molar-refractivity contribution in [2.45, 2.75) is 38.8 Å². The number of ether oxygens (including phenoxy) is 2. The van der Waals surface area contributed by atoms with Gasteiger partial charge in [-0.3, -0.25) is 4.79 Å². The highest BCUT2D eigenvalue weighted by Gasteiger charge is 2.57. The molecular weight excluding hydrogens is 635 g/mol. The van der Waals surface area contributed by atoms with Gasteiger partial charge in [0.15, 0.2) is 0 Å². The van der Waals surface area contributed by atoms with E-state index in [9.17, 15) is 14.0 Å². The summed E-state index contributed by atoms with van der Waals surface area (Å²) in [6, 6.07) is 17.5. The minimum atomic E-state index is -0.711. The van der Waals surface area contributed by atoms with E-state index in [1.54, 1.807) is 29.2 Å². The summed E-state index contributed by atoms with van der Waals surface area (Å²) in [6.45, 7) is 2.39. The number of amides is 1. The highest BCUT2D eigenvalue weighted by atomic mass is 19.1. The Hall–Kier alpha value is -5.70. The number of hydrogen-bond donors (Lipinski definition) is 0. The number of nitrogens with zero attached hydrogens (tertiary/aromatic N) is 5. The Morgan fingerprint density at radius 3 is 2.49 bits per heavy atom. The number of carbonyl (C=O) groups excluding carboxylic acids is 2. The second kappa shape index (κ2) is 12.4. The first-order chi connectivity index (χ1) is 23.6. The molecule has 248 valence electrons. The van der Waals surface area contributed by atoms with E-state index in [1.165, 1.54) is 38.3 Å². The van der Waals surface area contributed by atoms with Gasteiger partial charge in [-0.05, 0) is 66.9 Å². The third-order valence-corrected chi connectivity index (χ3v) is 9.48. The Labute approximate surface area is 279 Å². The van der Waals surface area contributed by atoms with Gasteiger partial charge in [0, 0.05) is 49.0 Å². The molecule has 1 saturated heterocycles. The first kappa shape index (κ1) is 31.9. The molecule has 0 radical (unpaired) electrons. The number of nitriles is 1. The highest BCUT2D eigenvalue weighted by molar-refractivity contribution is 5.93. The molecule has 1 spiro atoms. The predicted molar refractivity (Wildman–Crippen MR) is 172 cm³/mol. The molecule has 1 amide bonds. The number of likely N-dealkylation sites (tertiary alicyclic amines) is 1. The van der Waals surface area contributed by atoms with Crippen molar-refractivity contribution in [1.29, 1.82) is 5.26 Å². The zero-order valence-electron chi connectivity index (χ0n) is 26.7. The van der Waals surface area contributed by atoms with Gasteiger partial charge in [-0.1, -0.05) is 12.1 Å². The molecule has 12 heteroatoms. The molecule has 49 heavy (non-hydrogen) atoms. The van der Waals surface area contributed by atoms with Gasteiger partial charge in [0.25, 0.3) is 0 Å². The summed E-state index contributed by atoms with van der Waals surface area (Å²) in [7, 11) is 1.30. The van der Waals surface area contributed by atoms with Crippen LogP contribution in [0.1, 0.15) is 58.7 Å². The summed E-state index contributed by atoms with van der Waals surface area (Å²) >= 11 is 0. The SMILES string of the molecule is COC(=O)c1ccc2nc(Cc3cc(F)c(-c4cccc(OCc5ccc(C#N)cc5F)n4)cc3F)n([C@H]3CN(C(C)=O)CC34CC4)c2c1. The Morgan fingerprint density at radius 1 is 0.980 bits per heavy atom. The third-order valence-electron chi connectivity index (χ3n) is 9.48.